The van der Waals surface area contributed by atoms with E-state index < -0.39 is 12.0 Å². The smallest absolute Gasteiger partial charge is 0.326 e. The van der Waals surface area contributed by atoms with Crippen molar-refractivity contribution in [1.29, 1.82) is 0 Å². The van der Waals surface area contributed by atoms with Gasteiger partial charge in [-0.05, 0) is 12.1 Å². The predicted octanol–water partition coefficient (Wildman–Crippen LogP) is 0.452. The number of ether oxygens (including phenoxy) is 2. The first-order valence-corrected chi connectivity index (χ1v) is 5.51. The topological polar surface area (TPSA) is 79.4 Å². The maximum atomic E-state index is 11.1. The molecule has 6 nitrogen and oxygen atoms in total. The minimum absolute atomic E-state index is 0.0316. The summed E-state index contributed by atoms with van der Waals surface area (Å²) in [6, 6.07) is 7.27. The summed E-state index contributed by atoms with van der Waals surface area (Å²) in [5.41, 5.74) is 7.38. The Morgan fingerprint density at radius 3 is 2.89 bits per heavy atom. The Morgan fingerprint density at radius 2 is 2.22 bits per heavy atom. The van der Waals surface area contributed by atoms with Crippen LogP contribution >= 0.6 is 0 Å². The molecule has 2 aromatic rings. The lowest BCUT2D eigenvalue weighted by atomic mass is 10.3. The molecule has 1 unspecified atom stereocenters. The summed E-state index contributed by atoms with van der Waals surface area (Å²) in [5, 5.41) is 0. The molecule has 0 bridgehead atoms. The van der Waals surface area contributed by atoms with Crippen molar-refractivity contribution in [2.45, 2.75) is 6.04 Å². The molecule has 6 heteroatoms. The van der Waals surface area contributed by atoms with Crippen molar-refractivity contribution in [2.24, 2.45) is 12.8 Å². The molecule has 1 aromatic heterocycles. The van der Waals surface area contributed by atoms with Crippen LogP contribution in [-0.2, 0) is 16.6 Å². The first kappa shape index (κ1) is 12.4. The number of para-hydroxylation sites is 2. The molecule has 1 aromatic carbocycles. The molecule has 0 amide bonds. The van der Waals surface area contributed by atoms with Gasteiger partial charge in [0.15, 0.2) is 0 Å². The fourth-order valence-electron chi connectivity index (χ4n) is 1.64. The van der Waals surface area contributed by atoms with E-state index in [4.69, 9.17) is 10.5 Å². The molecule has 0 aliphatic rings. The van der Waals surface area contributed by atoms with Crippen LogP contribution in [0.4, 0.5) is 0 Å². The van der Waals surface area contributed by atoms with Crippen molar-refractivity contribution >= 4 is 17.0 Å². The number of methoxy groups -OCH3 is 1. The molecular weight excluding hydrogens is 234 g/mol. The van der Waals surface area contributed by atoms with Crippen LogP contribution in [0.5, 0.6) is 6.01 Å². The van der Waals surface area contributed by atoms with Gasteiger partial charge >= 0.3 is 5.97 Å². The minimum atomic E-state index is -0.810. The third kappa shape index (κ3) is 2.28. The number of benzene rings is 1. The van der Waals surface area contributed by atoms with Crippen LogP contribution in [0.3, 0.4) is 0 Å². The van der Waals surface area contributed by atoms with Crippen LogP contribution in [-0.4, -0.2) is 35.3 Å². The summed E-state index contributed by atoms with van der Waals surface area (Å²) in [6.45, 7) is 0.0316. The Morgan fingerprint density at radius 1 is 1.50 bits per heavy atom. The van der Waals surface area contributed by atoms with Gasteiger partial charge in [0, 0.05) is 7.05 Å². The highest BCUT2D eigenvalue weighted by Gasteiger charge is 2.16. The highest BCUT2D eigenvalue weighted by atomic mass is 16.5. The Hall–Kier alpha value is -2.08. The third-order valence-corrected chi connectivity index (χ3v) is 2.64. The lowest BCUT2D eigenvalue weighted by Crippen LogP contribution is -2.37. The van der Waals surface area contributed by atoms with Crippen molar-refractivity contribution < 1.29 is 14.3 Å². The van der Waals surface area contributed by atoms with Crippen LogP contribution < -0.4 is 10.5 Å². The summed E-state index contributed by atoms with van der Waals surface area (Å²) in [5.74, 6) is -0.506. The van der Waals surface area contributed by atoms with Gasteiger partial charge in [-0.2, -0.15) is 4.98 Å². The van der Waals surface area contributed by atoms with Gasteiger partial charge in [-0.25, -0.2) is 0 Å². The fourth-order valence-corrected chi connectivity index (χ4v) is 1.64. The van der Waals surface area contributed by atoms with E-state index in [0.29, 0.717) is 6.01 Å². The van der Waals surface area contributed by atoms with Gasteiger partial charge in [-0.3, -0.25) is 9.36 Å². The van der Waals surface area contributed by atoms with Crippen LogP contribution in [0, 0.1) is 0 Å². The van der Waals surface area contributed by atoms with E-state index in [1.165, 1.54) is 7.11 Å². The van der Waals surface area contributed by atoms with Crippen LogP contribution in [0.25, 0.3) is 11.0 Å². The number of nitrogens with two attached hydrogens (primary N) is 1. The van der Waals surface area contributed by atoms with Gasteiger partial charge in [0.2, 0.25) is 0 Å². The van der Waals surface area contributed by atoms with Crippen LogP contribution in [0.15, 0.2) is 24.3 Å². The van der Waals surface area contributed by atoms with Crippen LogP contribution in [0.1, 0.15) is 0 Å². The number of carbonyl (C=O) groups is 1. The molecule has 0 aliphatic heterocycles. The SMILES string of the molecule is COC(=O)C(N)COc1nc2ccccc2n1C. The second kappa shape index (κ2) is 5.05. The standard InChI is InChI=1S/C12H15N3O3/c1-15-10-6-4-3-5-9(10)14-12(15)18-7-8(13)11(16)17-2/h3-6,8H,7,13H2,1-2H3. The average Bonchev–Trinajstić information content (AvgIpc) is 2.72. The van der Waals surface area contributed by atoms with Gasteiger partial charge in [0.1, 0.15) is 12.6 Å². The zero-order valence-corrected chi connectivity index (χ0v) is 10.3. The summed E-state index contributed by atoms with van der Waals surface area (Å²) in [6.07, 6.45) is 0. The number of fused-ring (bicyclic) bond motifs is 1. The minimum Gasteiger partial charge on any atom is -0.468 e. The summed E-state index contributed by atoms with van der Waals surface area (Å²) in [7, 11) is 3.13. The molecule has 18 heavy (non-hydrogen) atoms. The van der Waals surface area contributed by atoms with E-state index >= 15 is 0 Å². The highest BCUT2D eigenvalue weighted by molar-refractivity contribution is 5.77. The predicted molar refractivity (Wildman–Crippen MR) is 66.2 cm³/mol. The Labute approximate surface area is 104 Å². The van der Waals surface area contributed by atoms with Gasteiger partial charge in [0.25, 0.3) is 6.01 Å². The Bertz CT molecular complexity index is 565. The first-order valence-electron chi connectivity index (χ1n) is 5.51. The van der Waals surface area contributed by atoms with Crippen molar-refractivity contribution in [1.82, 2.24) is 9.55 Å². The van der Waals surface area contributed by atoms with Crippen LogP contribution in [0.2, 0.25) is 0 Å². The Balaban J connectivity index is 2.13. The number of carbonyl (C=O) groups excluding carboxylic acids is 1. The molecule has 96 valence electrons. The van der Waals surface area contributed by atoms with Crippen molar-refractivity contribution in [3.63, 3.8) is 0 Å². The van der Waals surface area contributed by atoms with E-state index in [2.05, 4.69) is 9.72 Å². The second-order valence-electron chi connectivity index (χ2n) is 3.88. The third-order valence-electron chi connectivity index (χ3n) is 2.64. The number of esters is 1. The molecule has 1 atom stereocenters. The number of aromatic nitrogens is 2. The summed E-state index contributed by atoms with van der Waals surface area (Å²) >= 11 is 0. The molecule has 0 saturated carbocycles. The molecule has 2 rings (SSSR count). The van der Waals surface area contributed by atoms with E-state index in [1.807, 2.05) is 31.3 Å². The van der Waals surface area contributed by atoms with E-state index in [1.54, 1.807) is 4.57 Å². The number of rotatable bonds is 4. The molecule has 1 heterocycles. The van der Waals surface area contributed by atoms with E-state index in [-0.39, 0.29) is 6.61 Å². The average molecular weight is 249 g/mol. The lowest BCUT2D eigenvalue weighted by molar-refractivity contribution is -0.142. The summed E-state index contributed by atoms with van der Waals surface area (Å²) in [4.78, 5) is 15.4. The number of hydrogen-bond acceptors (Lipinski definition) is 5. The second-order valence-corrected chi connectivity index (χ2v) is 3.88. The highest BCUT2D eigenvalue weighted by Crippen LogP contribution is 2.19. The van der Waals surface area contributed by atoms with Gasteiger partial charge in [-0.1, -0.05) is 12.1 Å². The van der Waals surface area contributed by atoms with Gasteiger partial charge in [-0.15, -0.1) is 0 Å². The van der Waals surface area contributed by atoms with Crippen molar-refractivity contribution in [2.75, 3.05) is 13.7 Å². The molecular formula is C12H15N3O3. The van der Waals surface area contributed by atoms with E-state index in [0.717, 1.165) is 11.0 Å². The summed E-state index contributed by atoms with van der Waals surface area (Å²) < 4.78 is 11.8. The fraction of sp³-hybridized carbons (Fsp3) is 0.333. The molecule has 0 spiro atoms. The maximum absolute atomic E-state index is 11.1. The monoisotopic (exact) mass is 249 g/mol. The van der Waals surface area contributed by atoms with Gasteiger partial charge < -0.3 is 15.2 Å². The zero-order chi connectivity index (χ0) is 13.1. The quantitative estimate of drug-likeness (QED) is 0.796. The Kier molecular flexibility index (Phi) is 3.47. The van der Waals surface area contributed by atoms with Crippen molar-refractivity contribution in [3.05, 3.63) is 24.3 Å². The molecule has 0 saturated heterocycles. The number of hydrogen-bond donors (Lipinski definition) is 1. The molecule has 0 radical (unpaired) electrons. The van der Waals surface area contributed by atoms with E-state index in [9.17, 15) is 4.79 Å². The number of imidazole rings is 1. The molecule has 0 fully saturated rings. The normalized spacial score (nSPS) is 12.4. The molecule has 0 aliphatic carbocycles. The zero-order valence-electron chi connectivity index (χ0n) is 10.3. The van der Waals surface area contributed by atoms with Crippen molar-refractivity contribution in [3.8, 4) is 6.01 Å². The number of aryl methyl sites for hydroxylation is 1. The van der Waals surface area contributed by atoms with Gasteiger partial charge in [0.05, 0.1) is 18.1 Å². The lowest BCUT2D eigenvalue weighted by Gasteiger charge is -2.10. The first-order chi connectivity index (χ1) is 8.63. The molecule has 2 N–H and O–H groups in total. The number of nitrogens with zero attached hydrogens (tertiary/aromatic N) is 2. The maximum Gasteiger partial charge on any atom is 0.326 e. The largest absolute Gasteiger partial charge is 0.468 e.